The lowest BCUT2D eigenvalue weighted by atomic mass is 9.98. The predicted octanol–water partition coefficient (Wildman–Crippen LogP) is 2.93. The molecular formula is C14H20Cl2FN3O2. The predicted molar refractivity (Wildman–Crippen MR) is 87.5 cm³/mol. The molecule has 2 fully saturated rings. The minimum absolute atomic E-state index is 0. The summed E-state index contributed by atoms with van der Waals surface area (Å²) < 4.78 is 14.2. The van der Waals surface area contributed by atoms with Gasteiger partial charge < -0.3 is 5.32 Å². The molecule has 5 nitrogen and oxygen atoms in total. The third kappa shape index (κ3) is 4.07. The number of halogens is 3. The fourth-order valence-corrected chi connectivity index (χ4v) is 2.99. The third-order valence-corrected chi connectivity index (χ3v) is 4.12. The Labute approximate surface area is 141 Å². The normalized spacial score (nSPS) is 19.7. The summed E-state index contributed by atoms with van der Waals surface area (Å²) in [4.78, 5) is 12.7. The summed E-state index contributed by atoms with van der Waals surface area (Å²) in [6.45, 7) is 3.51. The van der Waals surface area contributed by atoms with Crippen LogP contribution in [-0.2, 0) is 0 Å². The zero-order valence-electron chi connectivity index (χ0n) is 12.0. The summed E-state index contributed by atoms with van der Waals surface area (Å²) in [5.41, 5.74) is 0.464. The first-order valence-corrected chi connectivity index (χ1v) is 7.05. The lowest BCUT2D eigenvalue weighted by molar-refractivity contribution is -0.385. The highest BCUT2D eigenvalue weighted by Crippen LogP contribution is 2.45. The number of hydrogen-bond donors (Lipinski definition) is 1. The van der Waals surface area contributed by atoms with Gasteiger partial charge in [0.05, 0.1) is 4.92 Å². The fourth-order valence-electron chi connectivity index (χ4n) is 2.99. The molecule has 0 spiro atoms. The van der Waals surface area contributed by atoms with E-state index in [0.29, 0.717) is 11.5 Å². The van der Waals surface area contributed by atoms with E-state index >= 15 is 0 Å². The zero-order chi connectivity index (χ0) is 14.1. The standard InChI is InChI=1S/C14H18FN3O2.2ClH/c15-13-4-3-11(18(19)20)9-12(13)14(10-1-2-10)17-7-5-16-6-8-17;;/h3-4,9-10,14,16H,1-2,5-8H2;2*1H/t14-;;/m0../s1. The first-order chi connectivity index (χ1) is 9.66. The molecule has 2 aliphatic rings. The van der Waals surface area contributed by atoms with Crippen LogP contribution in [0.2, 0.25) is 0 Å². The Hall–Kier alpha value is -0.950. The van der Waals surface area contributed by atoms with Crippen molar-refractivity contribution in [3.8, 4) is 0 Å². The molecule has 1 heterocycles. The molecule has 1 atom stereocenters. The van der Waals surface area contributed by atoms with Crippen LogP contribution >= 0.6 is 24.8 Å². The fraction of sp³-hybridized carbons (Fsp3) is 0.571. The molecule has 1 aromatic rings. The molecule has 1 saturated carbocycles. The molecule has 1 aromatic carbocycles. The van der Waals surface area contributed by atoms with Gasteiger partial charge in [-0.05, 0) is 24.8 Å². The number of rotatable bonds is 4. The maximum absolute atomic E-state index is 14.2. The minimum atomic E-state index is -0.454. The van der Waals surface area contributed by atoms with Crippen LogP contribution in [0.15, 0.2) is 18.2 Å². The average molecular weight is 352 g/mol. The van der Waals surface area contributed by atoms with Gasteiger partial charge in [-0.1, -0.05) is 0 Å². The maximum Gasteiger partial charge on any atom is 0.269 e. The van der Waals surface area contributed by atoms with E-state index in [0.717, 1.165) is 39.0 Å². The second-order valence-corrected chi connectivity index (χ2v) is 5.53. The van der Waals surface area contributed by atoms with Gasteiger partial charge in [0.2, 0.25) is 0 Å². The Morgan fingerprint density at radius 3 is 2.45 bits per heavy atom. The number of benzene rings is 1. The Kier molecular flexibility index (Phi) is 6.99. The van der Waals surface area contributed by atoms with Crippen molar-refractivity contribution in [1.29, 1.82) is 0 Å². The highest BCUT2D eigenvalue weighted by atomic mass is 35.5. The Bertz CT molecular complexity index is 523. The van der Waals surface area contributed by atoms with E-state index in [-0.39, 0.29) is 42.4 Å². The van der Waals surface area contributed by atoms with Crippen LogP contribution < -0.4 is 5.32 Å². The van der Waals surface area contributed by atoms with Crippen LogP contribution in [0.25, 0.3) is 0 Å². The average Bonchev–Trinajstić information content (AvgIpc) is 3.27. The van der Waals surface area contributed by atoms with Crippen molar-refractivity contribution in [2.75, 3.05) is 26.2 Å². The van der Waals surface area contributed by atoms with Crippen LogP contribution in [0, 0.1) is 21.8 Å². The quantitative estimate of drug-likeness (QED) is 0.669. The van der Waals surface area contributed by atoms with Crippen LogP contribution in [0.3, 0.4) is 0 Å². The van der Waals surface area contributed by atoms with E-state index in [1.165, 1.54) is 18.2 Å². The molecular weight excluding hydrogens is 332 g/mol. The topological polar surface area (TPSA) is 58.4 Å². The number of hydrogen-bond acceptors (Lipinski definition) is 4. The zero-order valence-corrected chi connectivity index (χ0v) is 13.7. The smallest absolute Gasteiger partial charge is 0.269 e. The first kappa shape index (κ1) is 19.1. The molecule has 0 amide bonds. The van der Waals surface area contributed by atoms with Gasteiger partial charge in [-0.15, -0.1) is 24.8 Å². The van der Waals surface area contributed by atoms with Gasteiger partial charge in [0.15, 0.2) is 0 Å². The monoisotopic (exact) mass is 351 g/mol. The number of nitro groups is 1. The highest BCUT2D eigenvalue weighted by molar-refractivity contribution is 5.85. The van der Waals surface area contributed by atoms with E-state index < -0.39 is 4.92 Å². The van der Waals surface area contributed by atoms with Crippen LogP contribution in [-0.4, -0.2) is 36.0 Å². The van der Waals surface area contributed by atoms with Crippen molar-refractivity contribution in [1.82, 2.24) is 10.2 Å². The van der Waals surface area contributed by atoms with E-state index in [2.05, 4.69) is 10.2 Å². The summed E-state index contributed by atoms with van der Waals surface area (Å²) in [5.74, 6) is 0.107. The minimum Gasteiger partial charge on any atom is -0.314 e. The third-order valence-electron chi connectivity index (χ3n) is 4.12. The number of piperazine rings is 1. The lowest BCUT2D eigenvalue weighted by Crippen LogP contribution is -2.45. The molecule has 3 rings (SSSR count). The van der Waals surface area contributed by atoms with E-state index in [1.54, 1.807) is 0 Å². The molecule has 0 bridgehead atoms. The molecule has 0 aromatic heterocycles. The van der Waals surface area contributed by atoms with Crippen LogP contribution in [0.5, 0.6) is 0 Å². The van der Waals surface area contributed by atoms with E-state index in [4.69, 9.17) is 0 Å². The first-order valence-electron chi connectivity index (χ1n) is 7.05. The molecule has 1 N–H and O–H groups in total. The van der Waals surface area contributed by atoms with E-state index in [9.17, 15) is 14.5 Å². The maximum atomic E-state index is 14.2. The number of nitrogens with one attached hydrogen (secondary N) is 1. The molecule has 1 saturated heterocycles. The molecule has 0 radical (unpaired) electrons. The Balaban J connectivity index is 0.00000121. The summed E-state index contributed by atoms with van der Waals surface area (Å²) >= 11 is 0. The molecule has 8 heteroatoms. The summed E-state index contributed by atoms with van der Waals surface area (Å²) in [6.07, 6.45) is 2.16. The van der Waals surface area contributed by atoms with Crippen molar-refractivity contribution in [3.63, 3.8) is 0 Å². The second-order valence-electron chi connectivity index (χ2n) is 5.53. The molecule has 1 aliphatic carbocycles. The molecule has 22 heavy (non-hydrogen) atoms. The van der Waals surface area contributed by atoms with Gasteiger partial charge in [-0.2, -0.15) is 0 Å². The van der Waals surface area contributed by atoms with Crippen molar-refractivity contribution in [2.45, 2.75) is 18.9 Å². The van der Waals surface area contributed by atoms with Gasteiger partial charge in [0, 0.05) is 49.9 Å². The largest absolute Gasteiger partial charge is 0.314 e. The SMILES string of the molecule is Cl.Cl.O=[N+]([O-])c1ccc(F)c([C@H](C2CC2)N2CCNCC2)c1. The Morgan fingerprint density at radius 2 is 1.91 bits per heavy atom. The number of nitrogens with zero attached hydrogens (tertiary/aromatic N) is 2. The second kappa shape index (κ2) is 8.06. The van der Waals surface area contributed by atoms with Crippen molar-refractivity contribution >= 4 is 30.5 Å². The van der Waals surface area contributed by atoms with Crippen molar-refractivity contribution in [2.24, 2.45) is 5.92 Å². The van der Waals surface area contributed by atoms with Gasteiger partial charge in [-0.3, -0.25) is 15.0 Å². The highest BCUT2D eigenvalue weighted by Gasteiger charge is 2.38. The van der Waals surface area contributed by atoms with Crippen LogP contribution in [0.4, 0.5) is 10.1 Å². The van der Waals surface area contributed by atoms with Crippen molar-refractivity contribution < 1.29 is 9.31 Å². The lowest BCUT2D eigenvalue weighted by Gasteiger charge is -2.35. The van der Waals surface area contributed by atoms with E-state index in [1.807, 2.05) is 0 Å². The van der Waals surface area contributed by atoms with Gasteiger partial charge in [0.1, 0.15) is 5.82 Å². The number of non-ortho nitro benzene ring substituents is 1. The molecule has 1 aliphatic heterocycles. The molecule has 0 unspecified atom stereocenters. The summed E-state index contributed by atoms with van der Waals surface area (Å²) in [6, 6.07) is 3.86. The number of nitro benzene ring substituents is 1. The summed E-state index contributed by atoms with van der Waals surface area (Å²) in [5, 5.41) is 14.2. The summed E-state index contributed by atoms with van der Waals surface area (Å²) in [7, 11) is 0. The van der Waals surface area contributed by atoms with Gasteiger partial charge in [-0.25, -0.2) is 4.39 Å². The van der Waals surface area contributed by atoms with Gasteiger partial charge >= 0.3 is 0 Å². The Morgan fingerprint density at radius 1 is 1.27 bits per heavy atom. The van der Waals surface area contributed by atoms with Crippen molar-refractivity contribution in [3.05, 3.63) is 39.7 Å². The molecule has 124 valence electrons. The van der Waals surface area contributed by atoms with Gasteiger partial charge in [0.25, 0.3) is 5.69 Å². The van der Waals surface area contributed by atoms with Crippen LogP contribution in [0.1, 0.15) is 24.4 Å².